The second-order valence-corrected chi connectivity index (χ2v) is 5.67. The van der Waals surface area contributed by atoms with Gasteiger partial charge in [-0.3, -0.25) is 15.0 Å². The van der Waals surface area contributed by atoms with Crippen LogP contribution in [0.25, 0.3) is 0 Å². The van der Waals surface area contributed by atoms with Crippen LogP contribution in [0.15, 0.2) is 18.2 Å². The molecule has 0 saturated carbocycles. The third-order valence-corrected chi connectivity index (χ3v) is 4.32. The molecule has 1 aliphatic rings. The van der Waals surface area contributed by atoms with E-state index in [9.17, 15) is 15.2 Å². The molecule has 5 nitrogen and oxygen atoms in total. The number of piperidine rings is 1. The van der Waals surface area contributed by atoms with Gasteiger partial charge in [-0.1, -0.05) is 12.1 Å². The maximum absolute atomic E-state index is 10.9. The van der Waals surface area contributed by atoms with Crippen LogP contribution < -0.4 is 0 Å². The Labute approximate surface area is 119 Å². The summed E-state index contributed by atoms with van der Waals surface area (Å²) in [6.07, 6.45) is 1.74. The number of nitro groups is 1. The average molecular weight is 278 g/mol. The molecule has 0 bridgehead atoms. The monoisotopic (exact) mass is 278 g/mol. The van der Waals surface area contributed by atoms with Crippen molar-refractivity contribution in [1.29, 1.82) is 0 Å². The van der Waals surface area contributed by atoms with Crippen molar-refractivity contribution in [3.8, 4) is 0 Å². The molecule has 2 rings (SSSR count). The van der Waals surface area contributed by atoms with Gasteiger partial charge in [-0.2, -0.15) is 0 Å². The molecule has 1 saturated heterocycles. The van der Waals surface area contributed by atoms with Crippen LogP contribution >= 0.6 is 0 Å². The van der Waals surface area contributed by atoms with E-state index in [1.165, 1.54) is 0 Å². The van der Waals surface area contributed by atoms with Crippen molar-refractivity contribution in [3.05, 3.63) is 39.4 Å². The molecule has 1 aromatic rings. The van der Waals surface area contributed by atoms with Gasteiger partial charge >= 0.3 is 0 Å². The number of hydrogen-bond acceptors (Lipinski definition) is 4. The first kappa shape index (κ1) is 14.9. The SMILES string of the molecule is Cc1c(CN2CCC([C@H](C)O)CC2)cccc1[N+](=O)[O-]. The lowest BCUT2D eigenvalue weighted by atomic mass is 9.92. The number of rotatable bonds is 4. The van der Waals surface area contributed by atoms with E-state index in [0.717, 1.165) is 43.6 Å². The summed E-state index contributed by atoms with van der Waals surface area (Å²) in [4.78, 5) is 12.9. The van der Waals surface area contributed by atoms with Crippen molar-refractivity contribution >= 4 is 5.69 Å². The summed E-state index contributed by atoms with van der Waals surface area (Å²) in [6, 6.07) is 5.27. The summed E-state index contributed by atoms with van der Waals surface area (Å²) >= 11 is 0. The Morgan fingerprint density at radius 2 is 2.10 bits per heavy atom. The first-order valence-corrected chi connectivity index (χ1v) is 7.12. The molecule has 1 heterocycles. The Bertz CT molecular complexity index is 480. The third-order valence-electron chi connectivity index (χ3n) is 4.32. The Hall–Kier alpha value is -1.46. The quantitative estimate of drug-likeness (QED) is 0.678. The second-order valence-electron chi connectivity index (χ2n) is 5.67. The van der Waals surface area contributed by atoms with Crippen LogP contribution in [0.2, 0.25) is 0 Å². The lowest BCUT2D eigenvalue weighted by Gasteiger charge is -2.33. The van der Waals surface area contributed by atoms with E-state index >= 15 is 0 Å². The number of aliphatic hydroxyl groups is 1. The zero-order valence-electron chi connectivity index (χ0n) is 12.1. The molecule has 20 heavy (non-hydrogen) atoms. The van der Waals surface area contributed by atoms with E-state index in [1.807, 2.05) is 19.9 Å². The first-order chi connectivity index (χ1) is 9.49. The molecule has 1 fully saturated rings. The molecule has 1 aliphatic heterocycles. The topological polar surface area (TPSA) is 66.6 Å². The summed E-state index contributed by atoms with van der Waals surface area (Å²) in [6.45, 7) is 6.30. The second kappa shape index (κ2) is 6.33. The molecule has 110 valence electrons. The molecule has 1 N–H and O–H groups in total. The number of benzene rings is 1. The molecule has 0 spiro atoms. The van der Waals surface area contributed by atoms with Crippen LogP contribution in [0.3, 0.4) is 0 Å². The zero-order chi connectivity index (χ0) is 14.7. The van der Waals surface area contributed by atoms with Crippen LogP contribution in [0.1, 0.15) is 30.9 Å². The van der Waals surface area contributed by atoms with Crippen LogP contribution in [0.5, 0.6) is 0 Å². The molecule has 5 heteroatoms. The van der Waals surface area contributed by atoms with E-state index in [0.29, 0.717) is 5.92 Å². The van der Waals surface area contributed by atoms with E-state index in [4.69, 9.17) is 0 Å². The van der Waals surface area contributed by atoms with Gasteiger partial charge in [-0.05, 0) is 51.3 Å². The minimum atomic E-state index is -0.321. The number of nitrogens with zero attached hydrogens (tertiary/aromatic N) is 2. The minimum Gasteiger partial charge on any atom is -0.393 e. The highest BCUT2D eigenvalue weighted by Crippen LogP contribution is 2.25. The molecule has 0 aromatic heterocycles. The summed E-state index contributed by atoms with van der Waals surface area (Å²) in [5.74, 6) is 0.387. The molecule has 0 radical (unpaired) electrons. The first-order valence-electron chi connectivity index (χ1n) is 7.12. The summed E-state index contributed by atoms with van der Waals surface area (Å²) in [5.41, 5.74) is 1.98. The molecular formula is C15H22N2O3. The predicted molar refractivity (Wildman–Crippen MR) is 77.5 cm³/mol. The van der Waals surface area contributed by atoms with Gasteiger partial charge in [0.15, 0.2) is 0 Å². The fourth-order valence-corrected chi connectivity index (χ4v) is 2.87. The smallest absolute Gasteiger partial charge is 0.272 e. The molecule has 1 atom stereocenters. The lowest BCUT2D eigenvalue weighted by molar-refractivity contribution is -0.385. The van der Waals surface area contributed by atoms with Gasteiger partial charge in [-0.25, -0.2) is 0 Å². The van der Waals surface area contributed by atoms with Gasteiger partial charge in [0.1, 0.15) is 0 Å². The van der Waals surface area contributed by atoms with Gasteiger partial charge in [0, 0.05) is 18.2 Å². The van der Waals surface area contributed by atoms with Crippen molar-refractivity contribution in [2.24, 2.45) is 5.92 Å². The van der Waals surface area contributed by atoms with Crippen LogP contribution in [-0.2, 0) is 6.54 Å². The maximum atomic E-state index is 10.9. The molecule has 1 aromatic carbocycles. The van der Waals surface area contributed by atoms with Gasteiger partial charge in [-0.15, -0.1) is 0 Å². The molecular weight excluding hydrogens is 256 g/mol. The number of hydrogen-bond donors (Lipinski definition) is 1. The fraction of sp³-hybridized carbons (Fsp3) is 0.600. The molecule has 0 amide bonds. The van der Waals surface area contributed by atoms with Crippen molar-refractivity contribution < 1.29 is 10.0 Å². The highest BCUT2D eigenvalue weighted by Gasteiger charge is 2.23. The van der Waals surface area contributed by atoms with E-state index in [1.54, 1.807) is 12.1 Å². The Kier molecular flexibility index (Phi) is 4.73. The Balaban J connectivity index is 2.01. The standard InChI is InChI=1S/C15H22N2O3/c1-11-14(4-3-5-15(11)17(19)20)10-16-8-6-13(7-9-16)12(2)18/h3-5,12-13,18H,6-10H2,1-2H3/t12-/m0/s1. The van der Waals surface area contributed by atoms with E-state index in [2.05, 4.69) is 4.90 Å². The van der Waals surface area contributed by atoms with Crippen molar-refractivity contribution in [2.45, 2.75) is 39.3 Å². The largest absolute Gasteiger partial charge is 0.393 e. The number of nitro benzene ring substituents is 1. The fourth-order valence-electron chi connectivity index (χ4n) is 2.87. The predicted octanol–water partition coefficient (Wildman–Crippen LogP) is 2.50. The van der Waals surface area contributed by atoms with Crippen molar-refractivity contribution in [3.63, 3.8) is 0 Å². The van der Waals surface area contributed by atoms with Crippen molar-refractivity contribution in [1.82, 2.24) is 4.90 Å². The van der Waals surface area contributed by atoms with Crippen molar-refractivity contribution in [2.75, 3.05) is 13.1 Å². The highest BCUT2D eigenvalue weighted by atomic mass is 16.6. The van der Waals surface area contributed by atoms with Crippen LogP contribution in [0, 0.1) is 23.0 Å². The van der Waals surface area contributed by atoms with Gasteiger partial charge in [0.05, 0.1) is 11.0 Å². The third kappa shape index (κ3) is 3.35. The van der Waals surface area contributed by atoms with Gasteiger partial charge in [0.2, 0.25) is 0 Å². The van der Waals surface area contributed by atoms with E-state index in [-0.39, 0.29) is 16.7 Å². The minimum absolute atomic E-state index is 0.196. The highest BCUT2D eigenvalue weighted by molar-refractivity contribution is 5.44. The molecule has 0 aliphatic carbocycles. The van der Waals surface area contributed by atoms with Gasteiger partial charge in [0.25, 0.3) is 5.69 Å². The lowest BCUT2D eigenvalue weighted by Crippen LogP contribution is -2.36. The number of likely N-dealkylation sites (tertiary alicyclic amines) is 1. The Morgan fingerprint density at radius 1 is 1.45 bits per heavy atom. The summed E-state index contributed by atoms with van der Waals surface area (Å²) in [7, 11) is 0. The Morgan fingerprint density at radius 3 is 2.65 bits per heavy atom. The average Bonchev–Trinajstić information content (AvgIpc) is 2.41. The normalized spacial score (nSPS) is 18.9. The zero-order valence-corrected chi connectivity index (χ0v) is 12.1. The van der Waals surface area contributed by atoms with Crippen LogP contribution in [0.4, 0.5) is 5.69 Å². The van der Waals surface area contributed by atoms with Gasteiger partial charge < -0.3 is 5.11 Å². The molecule has 0 unspecified atom stereocenters. The summed E-state index contributed by atoms with van der Waals surface area (Å²) in [5, 5.41) is 20.5. The van der Waals surface area contributed by atoms with E-state index < -0.39 is 0 Å². The maximum Gasteiger partial charge on any atom is 0.272 e. The summed E-state index contributed by atoms with van der Waals surface area (Å²) < 4.78 is 0. The van der Waals surface area contributed by atoms with Crippen LogP contribution in [-0.4, -0.2) is 34.1 Å². The number of aliphatic hydroxyl groups excluding tert-OH is 1.